The van der Waals surface area contributed by atoms with Crippen LogP contribution in [-0.2, 0) is 0 Å². The molecule has 3 nitrogen and oxygen atoms in total. The third-order valence-electron chi connectivity index (χ3n) is 2.18. The quantitative estimate of drug-likeness (QED) is 0.767. The number of carbonyl (C=O) groups is 1. The average Bonchev–Trinajstić information content (AvgIpc) is 2.78. The molecule has 0 fully saturated rings. The van der Waals surface area contributed by atoms with E-state index in [4.69, 9.17) is 20.8 Å². The maximum atomic E-state index is 10.5. The molecule has 0 atom stereocenters. The van der Waals surface area contributed by atoms with Crippen molar-refractivity contribution in [3.8, 4) is 17.1 Å². The van der Waals surface area contributed by atoms with Gasteiger partial charge in [-0.1, -0.05) is 11.6 Å². The summed E-state index contributed by atoms with van der Waals surface area (Å²) in [6.07, 6.45) is 0.650. The molecule has 2 rings (SSSR count). The Morgan fingerprint density at radius 3 is 2.75 bits per heavy atom. The van der Waals surface area contributed by atoms with Gasteiger partial charge in [0.05, 0.1) is 12.1 Å². The lowest BCUT2D eigenvalue weighted by Crippen LogP contribution is -1.84. The van der Waals surface area contributed by atoms with Crippen LogP contribution >= 0.6 is 11.6 Å². The SMILES string of the molecule is COc1ccc(Cl)c(-c2ccc(C=O)o2)c1. The Morgan fingerprint density at radius 2 is 2.12 bits per heavy atom. The summed E-state index contributed by atoms with van der Waals surface area (Å²) in [5.74, 6) is 1.50. The lowest BCUT2D eigenvalue weighted by atomic mass is 10.1. The van der Waals surface area contributed by atoms with Gasteiger partial charge in [0.15, 0.2) is 12.0 Å². The number of ether oxygens (including phenoxy) is 1. The third-order valence-corrected chi connectivity index (χ3v) is 2.51. The van der Waals surface area contributed by atoms with Crippen LogP contribution in [0.1, 0.15) is 10.6 Å². The molecule has 0 amide bonds. The summed E-state index contributed by atoms with van der Waals surface area (Å²) in [4.78, 5) is 10.5. The minimum Gasteiger partial charge on any atom is -0.497 e. The molecular weight excluding hydrogens is 228 g/mol. The molecule has 0 saturated carbocycles. The Labute approximate surface area is 97.6 Å². The van der Waals surface area contributed by atoms with Gasteiger partial charge in [-0.05, 0) is 30.3 Å². The van der Waals surface area contributed by atoms with E-state index in [0.717, 1.165) is 0 Å². The van der Waals surface area contributed by atoms with Crippen molar-refractivity contribution in [1.82, 2.24) is 0 Å². The molecule has 0 saturated heterocycles. The van der Waals surface area contributed by atoms with Crippen molar-refractivity contribution in [2.24, 2.45) is 0 Å². The average molecular weight is 237 g/mol. The Balaban J connectivity index is 2.49. The van der Waals surface area contributed by atoms with E-state index in [0.29, 0.717) is 28.4 Å². The third kappa shape index (κ3) is 1.95. The molecule has 0 aliphatic carbocycles. The first-order chi connectivity index (χ1) is 7.74. The molecule has 1 aromatic heterocycles. The Kier molecular flexibility index (Phi) is 2.97. The second kappa shape index (κ2) is 4.41. The van der Waals surface area contributed by atoms with Crippen LogP contribution in [0.15, 0.2) is 34.7 Å². The van der Waals surface area contributed by atoms with Crippen LogP contribution in [0.25, 0.3) is 11.3 Å². The zero-order chi connectivity index (χ0) is 11.5. The zero-order valence-electron chi connectivity index (χ0n) is 8.57. The molecule has 1 aromatic carbocycles. The van der Waals surface area contributed by atoms with E-state index in [9.17, 15) is 4.79 Å². The lowest BCUT2D eigenvalue weighted by Gasteiger charge is -2.04. The van der Waals surface area contributed by atoms with Gasteiger partial charge < -0.3 is 9.15 Å². The molecule has 4 heteroatoms. The van der Waals surface area contributed by atoms with Crippen molar-refractivity contribution in [2.45, 2.75) is 0 Å². The van der Waals surface area contributed by atoms with Crippen LogP contribution in [0.2, 0.25) is 5.02 Å². The van der Waals surface area contributed by atoms with E-state index in [-0.39, 0.29) is 5.76 Å². The Morgan fingerprint density at radius 1 is 1.31 bits per heavy atom. The van der Waals surface area contributed by atoms with Crippen LogP contribution < -0.4 is 4.74 Å². The lowest BCUT2D eigenvalue weighted by molar-refractivity contribution is 0.110. The maximum absolute atomic E-state index is 10.5. The number of hydrogen-bond donors (Lipinski definition) is 0. The highest BCUT2D eigenvalue weighted by molar-refractivity contribution is 6.33. The molecule has 82 valence electrons. The van der Waals surface area contributed by atoms with Crippen molar-refractivity contribution < 1.29 is 13.9 Å². The van der Waals surface area contributed by atoms with E-state index >= 15 is 0 Å². The Bertz CT molecular complexity index is 517. The largest absolute Gasteiger partial charge is 0.497 e. The van der Waals surface area contributed by atoms with Crippen molar-refractivity contribution >= 4 is 17.9 Å². The molecule has 0 bridgehead atoms. The predicted octanol–water partition coefficient (Wildman–Crippen LogP) is 3.42. The number of halogens is 1. The molecule has 0 aliphatic heterocycles. The fourth-order valence-electron chi connectivity index (χ4n) is 1.38. The summed E-state index contributed by atoms with van der Waals surface area (Å²) in [6, 6.07) is 8.53. The summed E-state index contributed by atoms with van der Waals surface area (Å²) in [7, 11) is 1.58. The van der Waals surface area contributed by atoms with E-state index < -0.39 is 0 Å². The number of furan rings is 1. The fraction of sp³-hybridized carbons (Fsp3) is 0.0833. The number of benzene rings is 1. The summed E-state index contributed by atoms with van der Waals surface area (Å²) in [5.41, 5.74) is 0.703. The summed E-state index contributed by atoms with van der Waals surface area (Å²) >= 11 is 6.04. The standard InChI is InChI=1S/C12H9ClO3/c1-15-8-2-4-11(13)10(6-8)12-5-3-9(7-14)16-12/h2-7H,1H3. The topological polar surface area (TPSA) is 39.4 Å². The highest BCUT2D eigenvalue weighted by atomic mass is 35.5. The second-order valence-electron chi connectivity index (χ2n) is 3.17. The number of hydrogen-bond acceptors (Lipinski definition) is 3. The number of carbonyl (C=O) groups excluding carboxylic acids is 1. The monoisotopic (exact) mass is 236 g/mol. The van der Waals surface area contributed by atoms with Gasteiger partial charge in [0, 0.05) is 5.56 Å². The normalized spacial score (nSPS) is 10.1. The van der Waals surface area contributed by atoms with E-state index in [1.807, 2.05) is 0 Å². The van der Waals surface area contributed by atoms with Gasteiger partial charge in [0.25, 0.3) is 0 Å². The highest BCUT2D eigenvalue weighted by Crippen LogP contribution is 2.32. The van der Waals surface area contributed by atoms with Gasteiger partial charge in [-0.3, -0.25) is 4.79 Å². The van der Waals surface area contributed by atoms with Gasteiger partial charge in [-0.25, -0.2) is 0 Å². The fourth-order valence-corrected chi connectivity index (χ4v) is 1.59. The van der Waals surface area contributed by atoms with Gasteiger partial charge in [-0.2, -0.15) is 0 Å². The molecule has 0 spiro atoms. The van der Waals surface area contributed by atoms with Gasteiger partial charge in [-0.15, -0.1) is 0 Å². The predicted molar refractivity (Wildman–Crippen MR) is 61.1 cm³/mol. The number of aldehydes is 1. The van der Waals surface area contributed by atoms with Crippen LogP contribution in [0, 0.1) is 0 Å². The molecule has 16 heavy (non-hydrogen) atoms. The second-order valence-corrected chi connectivity index (χ2v) is 3.57. The zero-order valence-corrected chi connectivity index (χ0v) is 9.32. The minimum absolute atomic E-state index is 0.272. The summed E-state index contributed by atoms with van der Waals surface area (Å²) in [5, 5.41) is 0.549. The maximum Gasteiger partial charge on any atom is 0.185 e. The molecule has 0 unspecified atom stereocenters. The molecule has 0 radical (unpaired) electrons. The van der Waals surface area contributed by atoms with Gasteiger partial charge in [0.1, 0.15) is 11.5 Å². The minimum atomic E-state index is 0.272. The van der Waals surface area contributed by atoms with Crippen LogP contribution in [0.5, 0.6) is 5.75 Å². The Hall–Kier alpha value is -1.74. The summed E-state index contributed by atoms with van der Waals surface area (Å²) < 4.78 is 10.4. The van der Waals surface area contributed by atoms with Gasteiger partial charge in [0.2, 0.25) is 0 Å². The van der Waals surface area contributed by atoms with Crippen molar-refractivity contribution in [3.63, 3.8) is 0 Å². The summed E-state index contributed by atoms with van der Waals surface area (Å²) in [6.45, 7) is 0. The first-order valence-electron chi connectivity index (χ1n) is 4.63. The first-order valence-corrected chi connectivity index (χ1v) is 5.01. The molecular formula is C12H9ClO3. The van der Waals surface area contributed by atoms with E-state index in [1.165, 1.54) is 0 Å². The molecule has 1 heterocycles. The van der Waals surface area contributed by atoms with Crippen molar-refractivity contribution in [1.29, 1.82) is 0 Å². The smallest absolute Gasteiger partial charge is 0.185 e. The van der Waals surface area contributed by atoms with Crippen LogP contribution in [-0.4, -0.2) is 13.4 Å². The van der Waals surface area contributed by atoms with Crippen molar-refractivity contribution in [2.75, 3.05) is 7.11 Å². The molecule has 0 N–H and O–H groups in total. The first kappa shape index (κ1) is 10.8. The van der Waals surface area contributed by atoms with Crippen molar-refractivity contribution in [3.05, 3.63) is 41.1 Å². The van der Waals surface area contributed by atoms with E-state index in [1.54, 1.807) is 37.4 Å². The highest BCUT2D eigenvalue weighted by Gasteiger charge is 2.09. The van der Waals surface area contributed by atoms with Gasteiger partial charge >= 0.3 is 0 Å². The van der Waals surface area contributed by atoms with Crippen LogP contribution in [0.3, 0.4) is 0 Å². The molecule has 2 aromatic rings. The number of methoxy groups -OCH3 is 1. The van der Waals surface area contributed by atoms with E-state index in [2.05, 4.69) is 0 Å². The number of rotatable bonds is 3. The van der Waals surface area contributed by atoms with Crippen LogP contribution in [0.4, 0.5) is 0 Å². The molecule has 0 aliphatic rings.